The minimum atomic E-state index is -0.617. The molecule has 1 aromatic carbocycles. The average molecular weight is 375 g/mol. The summed E-state index contributed by atoms with van der Waals surface area (Å²) in [7, 11) is 0. The van der Waals surface area contributed by atoms with Gasteiger partial charge in [-0.25, -0.2) is 0 Å². The van der Waals surface area contributed by atoms with Gasteiger partial charge < -0.3 is 14.7 Å². The van der Waals surface area contributed by atoms with E-state index < -0.39 is 5.60 Å². The van der Waals surface area contributed by atoms with Crippen LogP contribution in [-0.2, 0) is 22.5 Å². The minimum absolute atomic E-state index is 0.128. The first-order chi connectivity index (χ1) is 12.9. The number of likely N-dealkylation sites (tertiary alicyclic amines) is 1. The van der Waals surface area contributed by atoms with Crippen LogP contribution in [0.4, 0.5) is 0 Å². The molecule has 150 valence electrons. The van der Waals surface area contributed by atoms with Crippen LogP contribution in [0.15, 0.2) is 24.3 Å². The van der Waals surface area contributed by atoms with Crippen molar-refractivity contribution in [1.29, 1.82) is 0 Å². The number of carbonyl (C=O) groups is 1. The molecule has 1 N–H and O–H groups in total. The average Bonchev–Trinajstić information content (AvgIpc) is 2.67. The van der Waals surface area contributed by atoms with Crippen LogP contribution >= 0.6 is 0 Å². The summed E-state index contributed by atoms with van der Waals surface area (Å²) in [6.45, 7) is 9.34. The van der Waals surface area contributed by atoms with E-state index >= 15 is 0 Å². The predicted molar refractivity (Wildman–Crippen MR) is 106 cm³/mol. The quantitative estimate of drug-likeness (QED) is 0.831. The summed E-state index contributed by atoms with van der Waals surface area (Å²) in [4.78, 5) is 17.2. The van der Waals surface area contributed by atoms with E-state index in [0.29, 0.717) is 19.1 Å². The maximum absolute atomic E-state index is 12.8. The van der Waals surface area contributed by atoms with E-state index in [9.17, 15) is 9.90 Å². The molecule has 0 aliphatic carbocycles. The van der Waals surface area contributed by atoms with Crippen molar-refractivity contribution in [1.82, 2.24) is 9.80 Å². The second-order valence-electron chi connectivity index (χ2n) is 8.64. The number of aryl methyl sites for hydroxylation is 1. The minimum Gasteiger partial charge on any atom is -0.390 e. The third kappa shape index (κ3) is 6.30. The fraction of sp³-hybridized carbons (Fsp3) is 0.682. The van der Waals surface area contributed by atoms with Gasteiger partial charge in [0.15, 0.2) is 0 Å². The largest absolute Gasteiger partial charge is 0.390 e. The van der Waals surface area contributed by atoms with E-state index in [1.54, 1.807) is 0 Å². The lowest BCUT2D eigenvalue weighted by atomic mass is 9.95. The first-order valence-corrected chi connectivity index (χ1v) is 10.3. The Morgan fingerprint density at radius 1 is 1.15 bits per heavy atom. The number of benzene rings is 1. The summed E-state index contributed by atoms with van der Waals surface area (Å²) in [6.07, 6.45) is 3.75. The first kappa shape index (κ1) is 20.3. The Labute approximate surface area is 163 Å². The number of morpholine rings is 1. The SMILES string of the molecule is CC(C)(O)CCc1ccc(CN2CCC[C@@H](C(=O)N3CCOCC3)C2)cc1. The molecule has 1 aromatic rings. The second-order valence-corrected chi connectivity index (χ2v) is 8.64. The van der Waals surface area contributed by atoms with Gasteiger partial charge in [0.1, 0.15) is 0 Å². The van der Waals surface area contributed by atoms with Gasteiger partial charge in [-0.2, -0.15) is 0 Å². The molecule has 0 radical (unpaired) electrons. The van der Waals surface area contributed by atoms with Gasteiger partial charge in [-0.15, -0.1) is 0 Å². The lowest BCUT2D eigenvalue weighted by Gasteiger charge is -2.36. The van der Waals surface area contributed by atoms with Crippen LogP contribution in [0.3, 0.4) is 0 Å². The van der Waals surface area contributed by atoms with Crippen molar-refractivity contribution in [2.75, 3.05) is 39.4 Å². The molecule has 1 amide bonds. The van der Waals surface area contributed by atoms with E-state index in [1.807, 2.05) is 18.7 Å². The lowest BCUT2D eigenvalue weighted by Crippen LogP contribution is -2.48. The summed E-state index contributed by atoms with van der Waals surface area (Å²) in [6, 6.07) is 8.71. The molecular formula is C22H34N2O3. The zero-order valence-corrected chi connectivity index (χ0v) is 16.8. The number of aliphatic hydroxyl groups is 1. The third-order valence-corrected chi connectivity index (χ3v) is 5.63. The Morgan fingerprint density at radius 3 is 2.48 bits per heavy atom. The molecule has 5 heteroatoms. The van der Waals surface area contributed by atoms with Crippen molar-refractivity contribution >= 4 is 5.91 Å². The number of nitrogens with zero attached hydrogens (tertiary/aromatic N) is 2. The molecular weight excluding hydrogens is 340 g/mol. The van der Waals surface area contributed by atoms with Gasteiger partial charge in [-0.3, -0.25) is 9.69 Å². The fourth-order valence-corrected chi connectivity index (χ4v) is 3.96. The Bertz CT molecular complexity index is 603. The zero-order valence-electron chi connectivity index (χ0n) is 16.8. The summed E-state index contributed by atoms with van der Waals surface area (Å²) in [5.74, 6) is 0.438. The standard InChI is InChI=1S/C22H34N2O3/c1-22(2,26)10-9-18-5-7-19(8-6-18)16-23-11-3-4-20(17-23)21(25)24-12-14-27-15-13-24/h5-8,20,26H,3-4,9-17H2,1-2H3/t20-/m1/s1. The molecule has 0 saturated carbocycles. The van der Waals surface area contributed by atoms with Crippen LogP contribution in [0.2, 0.25) is 0 Å². The third-order valence-electron chi connectivity index (χ3n) is 5.63. The van der Waals surface area contributed by atoms with Gasteiger partial charge in [0.2, 0.25) is 5.91 Å². The molecule has 2 saturated heterocycles. The molecule has 2 aliphatic rings. The van der Waals surface area contributed by atoms with Crippen molar-refractivity contribution in [3.8, 4) is 0 Å². The highest BCUT2D eigenvalue weighted by molar-refractivity contribution is 5.79. The zero-order chi connectivity index (χ0) is 19.3. The van der Waals surface area contributed by atoms with Gasteiger partial charge in [0, 0.05) is 26.2 Å². The van der Waals surface area contributed by atoms with E-state index in [-0.39, 0.29) is 5.92 Å². The van der Waals surface area contributed by atoms with E-state index in [1.165, 1.54) is 11.1 Å². The number of ether oxygens (including phenoxy) is 1. The molecule has 0 aromatic heterocycles. The van der Waals surface area contributed by atoms with Gasteiger partial charge in [-0.1, -0.05) is 24.3 Å². The van der Waals surface area contributed by atoms with Crippen LogP contribution in [-0.4, -0.2) is 65.8 Å². The highest BCUT2D eigenvalue weighted by Gasteiger charge is 2.30. The normalized spacial score (nSPS) is 22.0. The number of hydrogen-bond donors (Lipinski definition) is 1. The summed E-state index contributed by atoms with van der Waals surface area (Å²) >= 11 is 0. The van der Waals surface area contributed by atoms with Crippen molar-refractivity contribution in [3.63, 3.8) is 0 Å². The van der Waals surface area contributed by atoms with Gasteiger partial charge in [0.05, 0.1) is 24.7 Å². The molecule has 5 nitrogen and oxygen atoms in total. The highest BCUT2D eigenvalue weighted by Crippen LogP contribution is 2.22. The van der Waals surface area contributed by atoms with Crippen molar-refractivity contribution in [2.45, 2.75) is 51.7 Å². The second kappa shape index (κ2) is 9.18. The molecule has 2 heterocycles. The van der Waals surface area contributed by atoms with Gasteiger partial charge >= 0.3 is 0 Å². The maximum atomic E-state index is 12.8. The van der Waals surface area contributed by atoms with Gasteiger partial charge in [0.25, 0.3) is 0 Å². The maximum Gasteiger partial charge on any atom is 0.227 e. The summed E-state index contributed by atoms with van der Waals surface area (Å²) in [5, 5.41) is 9.87. The number of hydrogen-bond acceptors (Lipinski definition) is 4. The number of amides is 1. The Kier molecular flexibility index (Phi) is 6.90. The number of rotatable bonds is 6. The van der Waals surface area contributed by atoms with Crippen molar-refractivity contribution in [3.05, 3.63) is 35.4 Å². The van der Waals surface area contributed by atoms with E-state index in [0.717, 1.165) is 58.4 Å². The number of carbonyl (C=O) groups excluding carboxylic acids is 1. The van der Waals surface area contributed by atoms with Crippen molar-refractivity contribution in [2.24, 2.45) is 5.92 Å². The highest BCUT2D eigenvalue weighted by atomic mass is 16.5. The fourth-order valence-electron chi connectivity index (χ4n) is 3.96. The van der Waals surface area contributed by atoms with Crippen LogP contribution in [0.5, 0.6) is 0 Å². The Morgan fingerprint density at radius 2 is 1.81 bits per heavy atom. The number of piperidine rings is 1. The molecule has 1 atom stereocenters. The summed E-state index contributed by atoms with van der Waals surface area (Å²) < 4.78 is 5.36. The van der Waals surface area contributed by atoms with Crippen LogP contribution in [0.25, 0.3) is 0 Å². The smallest absolute Gasteiger partial charge is 0.227 e. The first-order valence-electron chi connectivity index (χ1n) is 10.3. The van der Waals surface area contributed by atoms with Crippen LogP contribution < -0.4 is 0 Å². The lowest BCUT2D eigenvalue weighted by molar-refractivity contribution is -0.141. The summed E-state index contributed by atoms with van der Waals surface area (Å²) in [5.41, 5.74) is 1.94. The monoisotopic (exact) mass is 374 g/mol. The molecule has 2 fully saturated rings. The Hall–Kier alpha value is -1.43. The van der Waals surface area contributed by atoms with Crippen molar-refractivity contribution < 1.29 is 14.6 Å². The van der Waals surface area contributed by atoms with Crippen LogP contribution in [0.1, 0.15) is 44.2 Å². The molecule has 0 spiro atoms. The topological polar surface area (TPSA) is 53.0 Å². The molecule has 0 bridgehead atoms. The van der Waals surface area contributed by atoms with Crippen LogP contribution in [0, 0.1) is 5.92 Å². The molecule has 27 heavy (non-hydrogen) atoms. The molecule has 2 aliphatic heterocycles. The van der Waals surface area contributed by atoms with E-state index in [2.05, 4.69) is 29.2 Å². The van der Waals surface area contributed by atoms with E-state index in [4.69, 9.17) is 4.74 Å². The Balaban J connectivity index is 1.50. The predicted octanol–water partition coefficient (Wildman–Crippen LogP) is 2.46. The molecule has 0 unspecified atom stereocenters. The molecule has 3 rings (SSSR count). The van der Waals surface area contributed by atoms with Gasteiger partial charge in [-0.05, 0) is 57.2 Å².